The van der Waals surface area contributed by atoms with Crippen LogP contribution in [-0.4, -0.2) is 48.9 Å². The largest absolute Gasteiger partial charge is 0.416 e. The van der Waals surface area contributed by atoms with E-state index in [1.165, 1.54) is 6.07 Å². The van der Waals surface area contributed by atoms with Gasteiger partial charge in [0.2, 0.25) is 0 Å². The van der Waals surface area contributed by atoms with Gasteiger partial charge in [0.1, 0.15) is 0 Å². The first-order valence-corrected chi connectivity index (χ1v) is 11.3. The highest BCUT2D eigenvalue weighted by atomic mass is 127. The molecule has 1 heterocycles. The number of anilines is 1. The lowest BCUT2D eigenvalue weighted by atomic mass is 10.0. The normalized spacial score (nSPS) is 16.0. The van der Waals surface area contributed by atoms with Gasteiger partial charge in [-0.1, -0.05) is 26.0 Å². The molecule has 0 atom stereocenters. The van der Waals surface area contributed by atoms with E-state index in [4.69, 9.17) is 0 Å². The average Bonchev–Trinajstić information content (AvgIpc) is 2.69. The van der Waals surface area contributed by atoms with Crippen molar-refractivity contribution in [2.24, 2.45) is 0 Å². The van der Waals surface area contributed by atoms with E-state index < -0.39 is 17.6 Å². The zero-order chi connectivity index (χ0) is 22.8. The molecule has 0 spiro atoms. The molecule has 1 fully saturated rings. The summed E-state index contributed by atoms with van der Waals surface area (Å²) < 4.78 is 42.2. The van der Waals surface area contributed by atoms with Crippen LogP contribution in [0.15, 0.2) is 36.4 Å². The molecule has 2 aromatic rings. The summed E-state index contributed by atoms with van der Waals surface area (Å²) in [6, 6.07) is 9.42. The second-order valence-electron chi connectivity index (χ2n) is 8.29. The minimum atomic E-state index is -4.49. The molecule has 0 saturated carbocycles. The Morgan fingerprint density at radius 1 is 1.10 bits per heavy atom. The summed E-state index contributed by atoms with van der Waals surface area (Å²) in [6.45, 7) is 7.52. The molecule has 0 radical (unpaired) electrons. The summed E-state index contributed by atoms with van der Waals surface area (Å²) in [5, 5.41) is 2.62. The van der Waals surface area contributed by atoms with Crippen molar-refractivity contribution in [1.82, 2.24) is 9.80 Å². The molecule has 0 bridgehead atoms. The average molecular weight is 545 g/mol. The van der Waals surface area contributed by atoms with Crippen LogP contribution in [0.4, 0.5) is 18.9 Å². The molecule has 8 heteroatoms. The van der Waals surface area contributed by atoms with Crippen molar-refractivity contribution < 1.29 is 18.0 Å². The van der Waals surface area contributed by atoms with Gasteiger partial charge in [0.15, 0.2) is 0 Å². The van der Waals surface area contributed by atoms with Crippen molar-refractivity contribution in [3.05, 3.63) is 62.2 Å². The minimum Gasteiger partial charge on any atom is -0.322 e. The van der Waals surface area contributed by atoms with Crippen molar-refractivity contribution >= 4 is 34.2 Å². The van der Waals surface area contributed by atoms with E-state index in [9.17, 15) is 18.0 Å². The first-order valence-electron chi connectivity index (χ1n) is 10.3. The fourth-order valence-electron chi connectivity index (χ4n) is 3.64. The summed E-state index contributed by atoms with van der Waals surface area (Å²) in [7, 11) is 2.01. The molecule has 0 aliphatic carbocycles. The van der Waals surface area contributed by atoms with Crippen LogP contribution in [0.2, 0.25) is 0 Å². The Morgan fingerprint density at radius 3 is 2.35 bits per heavy atom. The van der Waals surface area contributed by atoms with Crippen LogP contribution in [-0.2, 0) is 12.7 Å². The van der Waals surface area contributed by atoms with Gasteiger partial charge < -0.3 is 10.2 Å². The Hall–Kier alpha value is -1.65. The number of nitrogens with one attached hydrogen (secondary N) is 1. The summed E-state index contributed by atoms with van der Waals surface area (Å²) >= 11 is 2.18. The maximum Gasteiger partial charge on any atom is 0.416 e. The predicted octanol–water partition coefficient (Wildman–Crippen LogP) is 5.43. The molecule has 1 saturated heterocycles. The lowest BCUT2D eigenvalue weighted by molar-refractivity contribution is -0.138. The van der Waals surface area contributed by atoms with Crippen molar-refractivity contribution in [1.29, 1.82) is 0 Å². The van der Waals surface area contributed by atoms with E-state index in [2.05, 4.69) is 46.7 Å². The number of piperazine rings is 1. The van der Waals surface area contributed by atoms with Crippen LogP contribution in [0.3, 0.4) is 0 Å². The van der Waals surface area contributed by atoms with Crippen LogP contribution in [0.25, 0.3) is 0 Å². The Morgan fingerprint density at radius 2 is 1.77 bits per heavy atom. The first kappa shape index (κ1) is 24.0. The maximum atomic E-state index is 13.7. The first-order chi connectivity index (χ1) is 14.5. The fraction of sp³-hybridized carbons (Fsp3) is 0.435. The van der Waals surface area contributed by atoms with E-state index in [0.29, 0.717) is 11.5 Å². The zero-order valence-corrected chi connectivity index (χ0v) is 20.0. The van der Waals surface area contributed by atoms with E-state index in [1.807, 2.05) is 18.0 Å². The van der Waals surface area contributed by atoms with Gasteiger partial charge in [0, 0.05) is 47.5 Å². The van der Waals surface area contributed by atoms with Gasteiger partial charge >= 0.3 is 6.18 Å². The van der Waals surface area contributed by atoms with Crippen molar-refractivity contribution in [2.45, 2.75) is 32.5 Å². The SMILES string of the molecule is CC(C)c1ccc(C(=O)Nc2ccc(CN3CCN(C)CC3)c(C(F)(F)F)c2)cc1I. The molecule has 3 rings (SSSR count). The van der Waals surface area contributed by atoms with E-state index in [1.54, 1.807) is 18.2 Å². The van der Waals surface area contributed by atoms with Crippen LogP contribution < -0.4 is 5.32 Å². The Labute approximate surface area is 194 Å². The van der Waals surface area contributed by atoms with E-state index in [-0.39, 0.29) is 17.8 Å². The van der Waals surface area contributed by atoms with Crippen molar-refractivity contribution in [2.75, 3.05) is 38.5 Å². The molecule has 4 nitrogen and oxygen atoms in total. The standard InChI is InChI=1S/C23H27F3IN3O/c1-15(2)19-7-5-16(12-21(19)27)22(31)28-18-6-4-17(20(13-18)23(24,25)26)14-30-10-8-29(3)9-11-30/h4-7,12-13,15H,8-11,14H2,1-3H3,(H,28,31). The number of rotatable bonds is 5. The fourth-order valence-corrected chi connectivity index (χ4v) is 4.78. The second kappa shape index (κ2) is 9.87. The van der Waals surface area contributed by atoms with Crippen molar-refractivity contribution in [3.63, 3.8) is 0 Å². The lowest BCUT2D eigenvalue weighted by Gasteiger charge is -2.33. The number of alkyl halides is 3. The number of hydrogen-bond acceptors (Lipinski definition) is 3. The third-order valence-electron chi connectivity index (χ3n) is 5.55. The maximum absolute atomic E-state index is 13.7. The lowest BCUT2D eigenvalue weighted by Crippen LogP contribution is -2.44. The molecule has 31 heavy (non-hydrogen) atoms. The molecule has 2 aromatic carbocycles. The summed E-state index contributed by atoms with van der Waals surface area (Å²) in [5.41, 5.74) is 1.22. The number of carbonyl (C=O) groups is 1. The van der Waals surface area contributed by atoms with E-state index >= 15 is 0 Å². The number of benzene rings is 2. The van der Waals surface area contributed by atoms with Crippen LogP contribution in [0, 0.1) is 3.57 Å². The second-order valence-corrected chi connectivity index (χ2v) is 9.46. The number of carbonyl (C=O) groups excluding carboxylic acids is 1. The number of likely N-dealkylation sites (N-methyl/N-ethyl adjacent to an activating group) is 1. The zero-order valence-electron chi connectivity index (χ0n) is 17.9. The number of halogens is 4. The van der Waals surface area contributed by atoms with Gasteiger partial charge in [-0.2, -0.15) is 13.2 Å². The molecular weight excluding hydrogens is 518 g/mol. The topological polar surface area (TPSA) is 35.6 Å². The molecule has 1 N–H and O–H groups in total. The number of amides is 1. The summed E-state index contributed by atoms with van der Waals surface area (Å²) in [5.74, 6) is -0.0978. The Balaban J connectivity index is 1.79. The van der Waals surface area contributed by atoms with Crippen LogP contribution >= 0.6 is 22.6 Å². The van der Waals surface area contributed by atoms with Gasteiger partial charge in [-0.15, -0.1) is 0 Å². The molecule has 168 valence electrons. The van der Waals surface area contributed by atoms with Gasteiger partial charge in [0.25, 0.3) is 5.91 Å². The van der Waals surface area contributed by atoms with Crippen LogP contribution in [0.1, 0.15) is 46.8 Å². The highest BCUT2D eigenvalue weighted by Gasteiger charge is 2.34. The Kier molecular flexibility index (Phi) is 7.64. The van der Waals surface area contributed by atoms with Crippen LogP contribution in [0.5, 0.6) is 0 Å². The quantitative estimate of drug-likeness (QED) is 0.509. The molecule has 0 unspecified atom stereocenters. The molecule has 1 amide bonds. The summed E-state index contributed by atoms with van der Waals surface area (Å²) in [4.78, 5) is 16.8. The Bertz CT molecular complexity index is 938. The molecular formula is C23H27F3IN3O. The summed E-state index contributed by atoms with van der Waals surface area (Å²) in [6.07, 6.45) is -4.49. The van der Waals surface area contributed by atoms with Gasteiger partial charge in [-0.25, -0.2) is 0 Å². The predicted molar refractivity (Wildman–Crippen MR) is 125 cm³/mol. The number of hydrogen-bond donors (Lipinski definition) is 1. The molecule has 1 aliphatic rings. The monoisotopic (exact) mass is 545 g/mol. The molecule has 1 aliphatic heterocycles. The number of nitrogens with zero attached hydrogens (tertiary/aromatic N) is 2. The third kappa shape index (κ3) is 6.20. The van der Waals surface area contributed by atoms with E-state index in [0.717, 1.165) is 41.4 Å². The minimum absolute atomic E-state index is 0.141. The van der Waals surface area contributed by atoms with Gasteiger partial charge in [-0.3, -0.25) is 9.69 Å². The van der Waals surface area contributed by atoms with Gasteiger partial charge in [0.05, 0.1) is 5.56 Å². The highest BCUT2D eigenvalue weighted by molar-refractivity contribution is 14.1. The third-order valence-corrected chi connectivity index (χ3v) is 6.48. The smallest absolute Gasteiger partial charge is 0.322 e. The molecule has 0 aromatic heterocycles. The highest BCUT2D eigenvalue weighted by Crippen LogP contribution is 2.35. The van der Waals surface area contributed by atoms with Crippen molar-refractivity contribution in [3.8, 4) is 0 Å². The van der Waals surface area contributed by atoms with Gasteiger partial charge in [-0.05, 0) is 70.9 Å².